The number of aromatic nitrogens is 1. The normalized spacial score (nSPS) is 16.8. The highest BCUT2D eigenvalue weighted by Crippen LogP contribution is 2.31. The van der Waals surface area contributed by atoms with Crippen LogP contribution in [0.15, 0.2) is 42.5 Å². The molecule has 1 fully saturated rings. The zero-order valence-electron chi connectivity index (χ0n) is 18.5. The Morgan fingerprint density at radius 2 is 1.81 bits per heavy atom. The molecule has 2 aliphatic heterocycles. The summed E-state index contributed by atoms with van der Waals surface area (Å²) < 4.78 is 19.0. The van der Waals surface area contributed by atoms with Crippen molar-refractivity contribution in [3.63, 3.8) is 0 Å². The first kappa shape index (κ1) is 22.0. The minimum absolute atomic E-state index is 0.0177. The van der Waals surface area contributed by atoms with E-state index in [2.05, 4.69) is 6.08 Å². The zero-order chi connectivity index (χ0) is 22.7. The predicted octanol–water partition coefficient (Wildman–Crippen LogP) is 3.96. The molecule has 0 N–H and O–H groups in total. The first-order valence-electron chi connectivity index (χ1n) is 11.0. The molecule has 2 aliphatic rings. The minimum Gasteiger partial charge on any atom is -0.494 e. The van der Waals surface area contributed by atoms with Gasteiger partial charge in [0.25, 0.3) is 11.8 Å². The molecular formula is C25H28FN3O3. The summed E-state index contributed by atoms with van der Waals surface area (Å²) in [6.45, 7) is 4.34. The fourth-order valence-corrected chi connectivity index (χ4v) is 4.40. The Bertz CT molecular complexity index is 1040. The van der Waals surface area contributed by atoms with Crippen LogP contribution in [0.25, 0.3) is 0 Å². The Balaban J connectivity index is 1.48. The summed E-state index contributed by atoms with van der Waals surface area (Å²) in [5.74, 6) is -0.506. The van der Waals surface area contributed by atoms with Crippen molar-refractivity contribution in [2.75, 3.05) is 33.3 Å². The lowest BCUT2D eigenvalue weighted by Gasteiger charge is -2.33. The Hall–Kier alpha value is -3.22. The van der Waals surface area contributed by atoms with Gasteiger partial charge in [0.2, 0.25) is 0 Å². The highest BCUT2D eigenvalue weighted by molar-refractivity contribution is 5.96. The maximum Gasteiger partial charge on any atom is 0.256 e. The number of rotatable bonds is 4. The van der Waals surface area contributed by atoms with Crippen LogP contribution in [0.4, 0.5) is 4.39 Å². The van der Waals surface area contributed by atoms with Gasteiger partial charge in [0, 0.05) is 43.4 Å². The van der Waals surface area contributed by atoms with Crippen molar-refractivity contribution in [3.8, 4) is 5.75 Å². The third kappa shape index (κ3) is 4.52. The number of likely N-dealkylation sites (tertiary alicyclic amines) is 1. The van der Waals surface area contributed by atoms with Crippen molar-refractivity contribution >= 4 is 11.8 Å². The molecule has 2 amide bonds. The highest BCUT2D eigenvalue weighted by Gasteiger charge is 2.30. The lowest BCUT2D eigenvalue weighted by atomic mass is 9.89. The molecule has 0 unspecified atom stereocenters. The number of hydrogen-bond donors (Lipinski definition) is 0. The molecule has 1 aromatic heterocycles. The molecule has 1 aromatic carbocycles. The lowest BCUT2D eigenvalue weighted by molar-refractivity contribution is 0.0705. The van der Waals surface area contributed by atoms with E-state index in [0.717, 1.165) is 17.8 Å². The van der Waals surface area contributed by atoms with Crippen LogP contribution in [-0.4, -0.2) is 59.9 Å². The number of aryl methyl sites for hydroxylation is 1. The number of ether oxygens (including phenoxy) is 1. The van der Waals surface area contributed by atoms with Crippen molar-refractivity contribution < 1.29 is 18.7 Å². The fourth-order valence-electron chi connectivity index (χ4n) is 4.40. The summed E-state index contributed by atoms with van der Waals surface area (Å²) in [6.07, 6.45) is 6.41. The van der Waals surface area contributed by atoms with Crippen molar-refractivity contribution in [3.05, 3.63) is 70.8 Å². The van der Waals surface area contributed by atoms with Gasteiger partial charge in [-0.2, -0.15) is 0 Å². The van der Waals surface area contributed by atoms with Crippen LogP contribution in [0.2, 0.25) is 0 Å². The van der Waals surface area contributed by atoms with E-state index >= 15 is 0 Å². The van der Waals surface area contributed by atoms with Gasteiger partial charge in [0.1, 0.15) is 0 Å². The van der Waals surface area contributed by atoms with E-state index in [1.54, 1.807) is 11.0 Å². The van der Waals surface area contributed by atoms with Crippen LogP contribution < -0.4 is 4.74 Å². The molecule has 32 heavy (non-hydrogen) atoms. The van der Waals surface area contributed by atoms with E-state index in [1.807, 2.05) is 30.0 Å². The Morgan fingerprint density at radius 1 is 1.03 bits per heavy atom. The summed E-state index contributed by atoms with van der Waals surface area (Å²) in [7, 11) is 1.39. The van der Waals surface area contributed by atoms with Gasteiger partial charge in [0.05, 0.1) is 18.4 Å². The highest BCUT2D eigenvalue weighted by atomic mass is 19.1. The molecule has 0 radical (unpaired) electrons. The third-order valence-electron chi connectivity index (χ3n) is 6.21. The average molecular weight is 438 g/mol. The number of carbonyl (C=O) groups is 2. The molecule has 3 heterocycles. The van der Waals surface area contributed by atoms with Crippen LogP contribution in [0.5, 0.6) is 5.75 Å². The molecule has 168 valence electrons. The van der Waals surface area contributed by atoms with E-state index in [0.29, 0.717) is 50.1 Å². The second-order valence-corrected chi connectivity index (χ2v) is 8.31. The minimum atomic E-state index is -0.548. The quantitative estimate of drug-likeness (QED) is 0.680. The third-order valence-corrected chi connectivity index (χ3v) is 6.21. The van der Waals surface area contributed by atoms with Gasteiger partial charge in [0.15, 0.2) is 11.6 Å². The molecule has 0 spiro atoms. The number of nitrogens with zero attached hydrogens (tertiary/aromatic N) is 3. The molecule has 0 atom stereocenters. The second kappa shape index (κ2) is 9.51. The van der Waals surface area contributed by atoms with Crippen LogP contribution in [0, 0.1) is 12.7 Å². The number of piperidine rings is 1. The molecule has 6 nitrogen and oxygen atoms in total. The zero-order valence-corrected chi connectivity index (χ0v) is 18.5. The molecule has 0 saturated carbocycles. The molecule has 7 heteroatoms. The molecule has 1 saturated heterocycles. The summed E-state index contributed by atoms with van der Waals surface area (Å²) in [6, 6.07) is 8.05. The fraction of sp³-hybridized carbons (Fsp3) is 0.400. The van der Waals surface area contributed by atoms with Crippen molar-refractivity contribution in [1.82, 2.24) is 14.8 Å². The van der Waals surface area contributed by atoms with Crippen molar-refractivity contribution in [2.24, 2.45) is 0 Å². The smallest absolute Gasteiger partial charge is 0.256 e. The Morgan fingerprint density at radius 3 is 2.47 bits per heavy atom. The van der Waals surface area contributed by atoms with Crippen LogP contribution in [-0.2, 0) is 0 Å². The number of benzene rings is 1. The van der Waals surface area contributed by atoms with Crippen LogP contribution in [0.3, 0.4) is 0 Å². The van der Waals surface area contributed by atoms with Crippen LogP contribution in [0.1, 0.15) is 57.3 Å². The number of pyridine rings is 1. The van der Waals surface area contributed by atoms with Gasteiger partial charge in [-0.15, -0.1) is 0 Å². The first-order valence-corrected chi connectivity index (χ1v) is 11.0. The molecule has 0 aliphatic carbocycles. The summed E-state index contributed by atoms with van der Waals surface area (Å²) >= 11 is 0. The molecular weight excluding hydrogens is 409 g/mol. The first-order chi connectivity index (χ1) is 15.5. The Kier molecular flexibility index (Phi) is 6.53. The Labute approximate surface area is 187 Å². The summed E-state index contributed by atoms with van der Waals surface area (Å²) in [4.78, 5) is 34.4. The molecule has 2 aromatic rings. The number of amides is 2. The number of halogens is 1. The number of methoxy groups -OCH3 is 1. The van der Waals surface area contributed by atoms with Crippen molar-refractivity contribution in [1.29, 1.82) is 0 Å². The predicted molar refractivity (Wildman–Crippen MR) is 119 cm³/mol. The SMILES string of the molecule is COc1ccc(C(=O)N2CCC(c3nc(C)ccc3C(=O)N3CC=CCC3)CC2)cc1F. The van der Waals surface area contributed by atoms with Gasteiger partial charge < -0.3 is 14.5 Å². The number of carbonyl (C=O) groups excluding carboxylic acids is 2. The standard InChI is InChI=1S/C25H28FN3O3/c1-17-6-8-20(25(31)28-12-4-3-5-13-28)23(27-17)18-10-14-29(15-11-18)24(30)19-7-9-22(32-2)21(26)16-19/h3-4,6-9,16,18H,5,10-15H2,1-2H3. The topological polar surface area (TPSA) is 62.7 Å². The van der Waals surface area contributed by atoms with E-state index in [-0.39, 0.29) is 23.5 Å². The summed E-state index contributed by atoms with van der Waals surface area (Å²) in [5.41, 5.74) is 2.67. The van der Waals surface area contributed by atoms with E-state index in [9.17, 15) is 14.0 Å². The van der Waals surface area contributed by atoms with Gasteiger partial charge >= 0.3 is 0 Å². The maximum absolute atomic E-state index is 14.0. The molecule has 4 rings (SSSR count). The molecule has 0 bridgehead atoms. The number of hydrogen-bond acceptors (Lipinski definition) is 4. The van der Waals surface area contributed by atoms with Gasteiger partial charge in [-0.1, -0.05) is 12.2 Å². The monoisotopic (exact) mass is 437 g/mol. The van der Waals surface area contributed by atoms with E-state index in [4.69, 9.17) is 9.72 Å². The van der Waals surface area contributed by atoms with Gasteiger partial charge in [-0.05, 0) is 56.5 Å². The van der Waals surface area contributed by atoms with Crippen LogP contribution >= 0.6 is 0 Å². The van der Waals surface area contributed by atoms with Gasteiger partial charge in [-0.25, -0.2) is 4.39 Å². The van der Waals surface area contributed by atoms with E-state index in [1.165, 1.54) is 19.2 Å². The lowest BCUT2D eigenvalue weighted by Crippen LogP contribution is -2.39. The van der Waals surface area contributed by atoms with Crippen molar-refractivity contribution in [2.45, 2.75) is 32.1 Å². The maximum atomic E-state index is 14.0. The summed E-state index contributed by atoms with van der Waals surface area (Å²) in [5, 5.41) is 0. The van der Waals surface area contributed by atoms with E-state index < -0.39 is 5.82 Å². The van der Waals surface area contributed by atoms with Gasteiger partial charge in [-0.3, -0.25) is 14.6 Å². The average Bonchev–Trinajstić information content (AvgIpc) is 2.83. The largest absolute Gasteiger partial charge is 0.494 e. The second-order valence-electron chi connectivity index (χ2n) is 8.31.